The van der Waals surface area contributed by atoms with Gasteiger partial charge >= 0.3 is 69.2 Å². The molecule has 0 radical (unpaired) electrons. The molecule has 0 aliphatic heterocycles. The summed E-state index contributed by atoms with van der Waals surface area (Å²) >= 11 is 0. The Hall–Kier alpha value is -0.0312. The first-order valence-electron chi connectivity index (χ1n) is 4.25. The van der Waals surface area contributed by atoms with Crippen molar-refractivity contribution in [2.75, 3.05) is 0 Å². The molecule has 13 heteroatoms. The average Bonchev–Trinajstić information content (AvgIpc) is 2.16. The van der Waals surface area contributed by atoms with Crippen LogP contribution in [0.3, 0.4) is 0 Å². The first kappa shape index (κ1) is 32.8. The van der Waals surface area contributed by atoms with Crippen LogP contribution >= 0.6 is 0 Å². The summed E-state index contributed by atoms with van der Waals surface area (Å²) in [6.45, 7) is 0. The van der Waals surface area contributed by atoms with E-state index in [-0.39, 0.29) is 69.2 Å². The van der Waals surface area contributed by atoms with Gasteiger partial charge in [-0.25, -0.2) is 0 Å². The van der Waals surface area contributed by atoms with Crippen molar-refractivity contribution in [1.29, 1.82) is 0 Å². The number of aliphatic carboxylic acids is 4. The molecular weight excluding hydrogens is 311 g/mol. The third-order valence-corrected chi connectivity index (χ3v) is 1.26. The van der Waals surface area contributed by atoms with Gasteiger partial charge < -0.3 is 49.8 Å². The molecular formula is C8H8BeNa2O10. The number of carbonyl (C=O) groups excluding carboxylic acids is 4. The Labute approximate surface area is 167 Å². The van der Waals surface area contributed by atoms with Crippen molar-refractivity contribution < 1.29 is 109 Å². The summed E-state index contributed by atoms with van der Waals surface area (Å²) in [5.41, 5.74) is 0. The molecule has 0 heterocycles. The first-order chi connectivity index (χ1) is 8.07. The van der Waals surface area contributed by atoms with Crippen molar-refractivity contribution >= 4 is 34.0 Å². The van der Waals surface area contributed by atoms with Gasteiger partial charge in [0.15, 0.2) is 0 Å². The number of aliphatic hydroxyl groups is 2. The van der Waals surface area contributed by atoms with Crippen molar-refractivity contribution in [3.8, 4) is 0 Å². The molecule has 10 nitrogen and oxygen atoms in total. The molecule has 0 amide bonds. The average molecular weight is 319 g/mol. The second-order valence-corrected chi connectivity index (χ2v) is 2.82. The molecule has 2 unspecified atom stereocenters. The Bertz CT molecular complexity index is 305. The van der Waals surface area contributed by atoms with E-state index in [1.54, 1.807) is 0 Å². The van der Waals surface area contributed by atoms with Crippen LogP contribution < -0.4 is 79.5 Å². The van der Waals surface area contributed by atoms with Crippen molar-refractivity contribution in [3.05, 3.63) is 0 Å². The summed E-state index contributed by atoms with van der Waals surface area (Å²) in [4.78, 5) is 38.3. The first-order valence-corrected chi connectivity index (χ1v) is 4.25. The predicted octanol–water partition coefficient (Wildman–Crippen LogP) is -13.9. The Morgan fingerprint density at radius 2 is 0.905 bits per heavy atom. The molecule has 2 atom stereocenters. The molecule has 0 aliphatic carbocycles. The fourth-order valence-corrected chi connectivity index (χ4v) is 0.482. The van der Waals surface area contributed by atoms with E-state index in [4.69, 9.17) is 10.2 Å². The molecule has 2 N–H and O–H groups in total. The van der Waals surface area contributed by atoms with Crippen LogP contribution in [0.4, 0.5) is 0 Å². The molecule has 0 spiro atoms. The van der Waals surface area contributed by atoms with E-state index >= 15 is 0 Å². The number of hydrogen-bond donors (Lipinski definition) is 2. The summed E-state index contributed by atoms with van der Waals surface area (Å²) in [6, 6.07) is 0. The van der Waals surface area contributed by atoms with Gasteiger partial charge in [-0.1, -0.05) is 0 Å². The van der Waals surface area contributed by atoms with Crippen LogP contribution in [0.15, 0.2) is 0 Å². The van der Waals surface area contributed by atoms with Gasteiger partial charge in [-0.2, -0.15) is 0 Å². The standard InChI is InChI=1S/2C4H6O5.Be.2Na/c2*5-2(4(8)9)1-3(6)7;;;/h2*2,5H,1H2,(H,6,7)(H,8,9);;;/q;;+2;2*+1/p-4. The second-order valence-electron chi connectivity index (χ2n) is 2.82. The third kappa shape index (κ3) is 25.3. The smallest absolute Gasteiger partial charge is 0.550 e. The van der Waals surface area contributed by atoms with E-state index in [9.17, 15) is 39.6 Å². The summed E-state index contributed by atoms with van der Waals surface area (Å²) in [6.07, 6.45) is -5.78. The summed E-state index contributed by atoms with van der Waals surface area (Å²) in [7, 11) is 0. The molecule has 0 aromatic carbocycles. The summed E-state index contributed by atoms with van der Waals surface area (Å²) < 4.78 is 0. The van der Waals surface area contributed by atoms with E-state index in [1.165, 1.54) is 0 Å². The normalized spacial score (nSPS) is 10.8. The maximum absolute atomic E-state index is 9.58. The minimum Gasteiger partial charge on any atom is -0.550 e. The van der Waals surface area contributed by atoms with Crippen LogP contribution in [0.25, 0.3) is 0 Å². The summed E-state index contributed by atoms with van der Waals surface area (Å²) in [5, 5.41) is 54.7. The Morgan fingerprint density at radius 1 is 0.714 bits per heavy atom. The van der Waals surface area contributed by atoms with Crippen LogP contribution in [0.5, 0.6) is 0 Å². The molecule has 0 saturated heterocycles. The third-order valence-electron chi connectivity index (χ3n) is 1.26. The quantitative estimate of drug-likeness (QED) is 0.442. The molecule has 104 valence electrons. The van der Waals surface area contributed by atoms with Gasteiger partial charge in [0.1, 0.15) is 0 Å². The molecule has 0 aromatic rings. The number of carboxylic acid groups (broad SMARTS) is 4. The van der Waals surface area contributed by atoms with Crippen LogP contribution in [-0.4, -0.2) is 56.4 Å². The zero-order valence-corrected chi connectivity index (χ0v) is 15.4. The maximum atomic E-state index is 9.58. The van der Waals surface area contributed by atoms with E-state index in [0.717, 1.165) is 0 Å². The largest absolute Gasteiger partial charge is 2.00 e. The zero-order chi connectivity index (χ0) is 14.9. The Morgan fingerprint density at radius 3 is 0.952 bits per heavy atom. The van der Waals surface area contributed by atoms with Crippen molar-refractivity contribution in [3.63, 3.8) is 0 Å². The van der Waals surface area contributed by atoms with Crippen molar-refractivity contribution in [2.45, 2.75) is 25.0 Å². The van der Waals surface area contributed by atoms with Crippen molar-refractivity contribution in [1.82, 2.24) is 0 Å². The number of hydrogen-bond acceptors (Lipinski definition) is 10. The molecule has 21 heavy (non-hydrogen) atoms. The maximum Gasteiger partial charge on any atom is 2.00 e. The molecule has 0 rings (SSSR count). The van der Waals surface area contributed by atoms with Crippen LogP contribution in [0, 0.1) is 0 Å². The minimum absolute atomic E-state index is 0. The number of aliphatic hydroxyl groups excluding tert-OH is 2. The van der Waals surface area contributed by atoms with Gasteiger partial charge in [-0.3, -0.25) is 0 Å². The fraction of sp³-hybridized carbons (Fsp3) is 0.500. The minimum atomic E-state index is -1.96. The second kappa shape index (κ2) is 18.0. The Kier molecular flexibility index (Phi) is 28.1. The zero-order valence-electron chi connectivity index (χ0n) is 11.4. The fourth-order valence-electron chi connectivity index (χ4n) is 0.482. The van der Waals surface area contributed by atoms with Gasteiger partial charge in [-0.05, 0) is 0 Å². The van der Waals surface area contributed by atoms with Gasteiger partial charge in [0.05, 0.1) is 24.1 Å². The number of carbonyl (C=O) groups is 4. The van der Waals surface area contributed by atoms with Crippen LogP contribution in [0.1, 0.15) is 12.8 Å². The molecule has 0 fully saturated rings. The van der Waals surface area contributed by atoms with Gasteiger partial charge in [0.25, 0.3) is 0 Å². The molecule has 0 aliphatic rings. The molecule has 0 aromatic heterocycles. The number of carboxylic acids is 4. The summed E-state index contributed by atoms with van der Waals surface area (Å²) in [5.74, 6) is -6.85. The van der Waals surface area contributed by atoms with Crippen LogP contribution in [-0.2, 0) is 19.2 Å². The van der Waals surface area contributed by atoms with Crippen LogP contribution in [0.2, 0.25) is 0 Å². The van der Waals surface area contributed by atoms with Gasteiger partial charge in [-0.15, -0.1) is 0 Å². The SMILES string of the molecule is O=C([O-])CC(O)C(=O)[O-].O=C([O-])CC(O)C(=O)[O-].[Be+2].[Na+].[Na+]. The van der Waals surface area contributed by atoms with Gasteiger partial charge in [0.2, 0.25) is 0 Å². The van der Waals surface area contributed by atoms with E-state index in [0.29, 0.717) is 0 Å². The topological polar surface area (TPSA) is 201 Å². The van der Waals surface area contributed by atoms with E-state index in [1.807, 2.05) is 0 Å². The Balaban J connectivity index is -0.0000000711. The molecule has 0 bridgehead atoms. The predicted molar refractivity (Wildman–Crippen MR) is 47.0 cm³/mol. The van der Waals surface area contributed by atoms with Gasteiger partial charge in [0, 0.05) is 24.8 Å². The van der Waals surface area contributed by atoms with Crippen molar-refractivity contribution in [2.24, 2.45) is 0 Å². The molecule has 0 saturated carbocycles. The van der Waals surface area contributed by atoms with E-state index < -0.39 is 48.9 Å². The monoisotopic (exact) mass is 319 g/mol. The van der Waals surface area contributed by atoms with E-state index in [2.05, 4.69) is 0 Å². The number of rotatable bonds is 6.